The standard InChI is InChI=1S/C11H14Cl2N2O2/c1-14-11(17)7-2-3-9(13)10(4-7)15-6-8(16)5-12/h2-4,8,15-16H,5-6H2,1H3,(H,14,17). The predicted molar refractivity (Wildman–Crippen MR) is 70.1 cm³/mol. The Balaban J connectivity index is 2.80. The van der Waals surface area contributed by atoms with E-state index in [-0.39, 0.29) is 18.3 Å². The first-order valence-corrected chi connectivity index (χ1v) is 5.99. The average molecular weight is 277 g/mol. The number of benzene rings is 1. The number of alkyl halides is 1. The first kappa shape index (κ1) is 14.1. The number of aliphatic hydroxyl groups excluding tert-OH is 1. The second-order valence-electron chi connectivity index (χ2n) is 3.46. The molecule has 0 bridgehead atoms. The number of rotatable bonds is 5. The van der Waals surface area contributed by atoms with E-state index < -0.39 is 6.10 Å². The summed E-state index contributed by atoms with van der Waals surface area (Å²) in [6.07, 6.45) is -0.656. The molecular weight excluding hydrogens is 263 g/mol. The molecule has 17 heavy (non-hydrogen) atoms. The smallest absolute Gasteiger partial charge is 0.251 e. The molecule has 3 N–H and O–H groups in total. The van der Waals surface area contributed by atoms with Gasteiger partial charge in [0.1, 0.15) is 0 Å². The van der Waals surface area contributed by atoms with Crippen LogP contribution in [0.1, 0.15) is 10.4 Å². The number of halogens is 2. The van der Waals surface area contributed by atoms with E-state index in [1.807, 2.05) is 0 Å². The van der Waals surface area contributed by atoms with Crippen LogP contribution in [0.4, 0.5) is 5.69 Å². The van der Waals surface area contributed by atoms with E-state index in [4.69, 9.17) is 23.2 Å². The molecule has 6 heteroatoms. The molecule has 1 amide bonds. The van der Waals surface area contributed by atoms with E-state index in [1.54, 1.807) is 25.2 Å². The zero-order chi connectivity index (χ0) is 12.8. The van der Waals surface area contributed by atoms with Crippen molar-refractivity contribution in [1.82, 2.24) is 5.32 Å². The number of hydrogen-bond donors (Lipinski definition) is 3. The third-order valence-electron chi connectivity index (χ3n) is 2.16. The highest BCUT2D eigenvalue weighted by atomic mass is 35.5. The van der Waals surface area contributed by atoms with Crippen molar-refractivity contribution in [3.63, 3.8) is 0 Å². The lowest BCUT2D eigenvalue weighted by Crippen LogP contribution is -2.21. The second-order valence-corrected chi connectivity index (χ2v) is 4.18. The molecule has 1 unspecified atom stereocenters. The highest BCUT2D eigenvalue weighted by Crippen LogP contribution is 2.23. The predicted octanol–water partition coefficient (Wildman–Crippen LogP) is 1.71. The Morgan fingerprint density at radius 2 is 2.24 bits per heavy atom. The van der Waals surface area contributed by atoms with Gasteiger partial charge in [0.05, 0.1) is 22.7 Å². The molecule has 1 rings (SSSR count). The summed E-state index contributed by atoms with van der Waals surface area (Å²) in [5.41, 5.74) is 1.09. The molecule has 0 saturated heterocycles. The van der Waals surface area contributed by atoms with E-state index in [0.29, 0.717) is 16.3 Å². The van der Waals surface area contributed by atoms with Crippen LogP contribution < -0.4 is 10.6 Å². The maximum Gasteiger partial charge on any atom is 0.251 e. The van der Waals surface area contributed by atoms with E-state index in [9.17, 15) is 9.90 Å². The van der Waals surface area contributed by atoms with Gasteiger partial charge in [-0.25, -0.2) is 0 Å². The summed E-state index contributed by atoms with van der Waals surface area (Å²) in [4.78, 5) is 11.4. The van der Waals surface area contributed by atoms with E-state index in [0.717, 1.165) is 0 Å². The summed E-state index contributed by atoms with van der Waals surface area (Å²) >= 11 is 11.4. The molecule has 0 spiro atoms. The van der Waals surface area contributed by atoms with Crippen molar-refractivity contribution >= 4 is 34.8 Å². The van der Waals surface area contributed by atoms with Crippen LogP contribution in [-0.4, -0.2) is 36.6 Å². The summed E-state index contributed by atoms with van der Waals surface area (Å²) < 4.78 is 0. The van der Waals surface area contributed by atoms with Crippen LogP contribution in [0.3, 0.4) is 0 Å². The molecule has 0 radical (unpaired) electrons. The minimum absolute atomic E-state index is 0.139. The fraction of sp³-hybridized carbons (Fsp3) is 0.364. The maximum atomic E-state index is 11.4. The van der Waals surface area contributed by atoms with Gasteiger partial charge in [-0.05, 0) is 18.2 Å². The van der Waals surface area contributed by atoms with Crippen LogP contribution in [0.25, 0.3) is 0 Å². The number of carbonyl (C=O) groups excluding carboxylic acids is 1. The number of aliphatic hydroxyl groups is 1. The largest absolute Gasteiger partial charge is 0.390 e. The quantitative estimate of drug-likeness (QED) is 0.718. The first-order valence-electron chi connectivity index (χ1n) is 5.08. The van der Waals surface area contributed by atoms with E-state index in [2.05, 4.69) is 10.6 Å². The molecule has 0 aliphatic heterocycles. The van der Waals surface area contributed by atoms with Crippen molar-refractivity contribution < 1.29 is 9.90 Å². The summed E-state index contributed by atoms with van der Waals surface area (Å²) in [6, 6.07) is 4.88. The SMILES string of the molecule is CNC(=O)c1ccc(Cl)c(NCC(O)CCl)c1. The summed E-state index contributed by atoms with van der Waals surface area (Å²) in [5, 5.41) is 15.3. The Morgan fingerprint density at radius 1 is 1.53 bits per heavy atom. The van der Waals surface area contributed by atoms with Gasteiger partial charge >= 0.3 is 0 Å². The van der Waals surface area contributed by atoms with Crippen LogP contribution in [-0.2, 0) is 0 Å². The van der Waals surface area contributed by atoms with E-state index >= 15 is 0 Å². The highest BCUT2D eigenvalue weighted by molar-refractivity contribution is 6.33. The van der Waals surface area contributed by atoms with Gasteiger partial charge in [0.15, 0.2) is 0 Å². The molecule has 0 fully saturated rings. The van der Waals surface area contributed by atoms with Crippen LogP contribution in [0.5, 0.6) is 0 Å². The number of carbonyl (C=O) groups is 1. The molecule has 0 aliphatic carbocycles. The van der Waals surface area contributed by atoms with Gasteiger partial charge in [0.2, 0.25) is 0 Å². The Morgan fingerprint density at radius 3 is 2.82 bits per heavy atom. The summed E-state index contributed by atoms with van der Waals surface area (Å²) in [7, 11) is 1.56. The summed E-state index contributed by atoms with van der Waals surface area (Å²) in [5.74, 6) is -0.0534. The van der Waals surface area contributed by atoms with E-state index in [1.165, 1.54) is 0 Å². The van der Waals surface area contributed by atoms with Crippen molar-refractivity contribution in [3.05, 3.63) is 28.8 Å². The summed E-state index contributed by atoms with van der Waals surface area (Å²) in [6.45, 7) is 0.278. The monoisotopic (exact) mass is 276 g/mol. The van der Waals surface area contributed by atoms with Crippen LogP contribution in [0.15, 0.2) is 18.2 Å². The van der Waals surface area contributed by atoms with Crippen molar-refractivity contribution in [2.45, 2.75) is 6.10 Å². The van der Waals surface area contributed by atoms with Gasteiger partial charge in [-0.2, -0.15) is 0 Å². The van der Waals surface area contributed by atoms with Gasteiger partial charge in [-0.1, -0.05) is 11.6 Å². The minimum atomic E-state index is -0.656. The zero-order valence-electron chi connectivity index (χ0n) is 9.34. The topological polar surface area (TPSA) is 61.4 Å². The van der Waals surface area contributed by atoms with Crippen molar-refractivity contribution in [1.29, 1.82) is 0 Å². The van der Waals surface area contributed by atoms with Gasteiger partial charge in [-0.3, -0.25) is 4.79 Å². The third kappa shape index (κ3) is 4.07. The van der Waals surface area contributed by atoms with Crippen LogP contribution >= 0.6 is 23.2 Å². The molecule has 4 nitrogen and oxygen atoms in total. The number of anilines is 1. The molecular formula is C11H14Cl2N2O2. The van der Waals surface area contributed by atoms with Gasteiger partial charge < -0.3 is 15.7 Å². The molecule has 94 valence electrons. The fourth-order valence-corrected chi connectivity index (χ4v) is 1.52. The van der Waals surface area contributed by atoms with Crippen molar-refractivity contribution in [2.75, 3.05) is 24.8 Å². The molecule has 1 aromatic carbocycles. The number of amides is 1. The van der Waals surface area contributed by atoms with Gasteiger partial charge in [0.25, 0.3) is 5.91 Å². The Hall–Kier alpha value is -0.970. The molecule has 0 saturated carbocycles. The average Bonchev–Trinajstić information content (AvgIpc) is 2.36. The lowest BCUT2D eigenvalue weighted by Gasteiger charge is -2.12. The minimum Gasteiger partial charge on any atom is -0.390 e. The zero-order valence-corrected chi connectivity index (χ0v) is 10.8. The van der Waals surface area contributed by atoms with Crippen LogP contribution in [0, 0.1) is 0 Å². The number of nitrogens with one attached hydrogen (secondary N) is 2. The molecule has 0 aromatic heterocycles. The normalized spacial score (nSPS) is 12.0. The Kier molecular flexibility index (Phi) is 5.55. The maximum absolute atomic E-state index is 11.4. The molecule has 1 atom stereocenters. The highest BCUT2D eigenvalue weighted by Gasteiger charge is 2.08. The number of hydrogen-bond acceptors (Lipinski definition) is 3. The lowest BCUT2D eigenvalue weighted by molar-refractivity contribution is 0.0963. The first-order chi connectivity index (χ1) is 8.08. The van der Waals surface area contributed by atoms with Crippen molar-refractivity contribution in [3.8, 4) is 0 Å². The third-order valence-corrected chi connectivity index (χ3v) is 2.85. The second kappa shape index (κ2) is 6.69. The van der Waals surface area contributed by atoms with Gasteiger partial charge in [-0.15, -0.1) is 11.6 Å². The Labute approximate surface area is 110 Å². The van der Waals surface area contributed by atoms with Gasteiger partial charge in [0, 0.05) is 19.2 Å². The molecule has 1 aromatic rings. The fourth-order valence-electron chi connectivity index (χ4n) is 1.23. The molecule has 0 heterocycles. The Bertz CT molecular complexity index is 399. The molecule has 0 aliphatic rings. The lowest BCUT2D eigenvalue weighted by atomic mass is 10.2. The van der Waals surface area contributed by atoms with Crippen LogP contribution in [0.2, 0.25) is 5.02 Å². The van der Waals surface area contributed by atoms with Crippen molar-refractivity contribution in [2.24, 2.45) is 0 Å².